The van der Waals surface area contributed by atoms with E-state index in [-0.39, 0.29) is 11.7 Å². The van der Waals surface area contributed by atoms with E-state index in [1.807, 2.05) is 0 Å². The minimum Gasteiger partial charge on any atom is -0.469 e. The molecule has 0 heterocycles. The molecule has 6 nitrogen and oxygen atoms in total. The van der Waals surface area contributed by atoms with Crippen molar-refractivity contribution in [1.82, 2.24) is 0 Å². The molecular weight excluding hydrogens is 236 g/mol. The van der Waals surface area contributed by atoms with Crippen molar-refractivity contribution < 1.29 is 14.5 Å². The molecule has 0 radical (unpaired) electrons. The molecule has 6 heteroatoms. The smallest absolute Gasteiger partial charge is 0.305 e. The van der Waals surface area contributed by atoms with Gasteiger partial charge in [-0.1, -0.05) is 12.1 Å². The van der Waals surface area contributed by atoms with E-state index in [9.17, 15) is 14.9 Å². The van der Waals surface area contributed by atoms with E-state index < -0.39 is 4.92 Å². The lowest BCUT2D eigenvalue weighted by Gasteiger charge is -1.96. The van der Waals surface area contributed by atoms with Crippen molar-refractivity contribution in [3.8, 4) is 0 Å². The van der Waals surface area contributed by atoms with Crippen molar-refractivity contribution in [1.29, 1.82) is 0 Å². The largest absolute Gasteiger partial charge is 0.469 e. The van der Waals surface area contributed by atoms with Crippen LogP contribution in [0.5, 0.6) is 0 Å². The van der Waals surface area contributed by atoms with E-state index in [4.69, 9.17) is 0 Å². The number of ether oxygens (including phenoxy) is 1. The topological polar surface area (TPSA) is 81.8 Å². The lowest BCUT2D eigenvalue weighted by molar-refractivity contribution is -0.384. The van der Waals surface area contributed by atoms with Crippen molar-refractivity contribution >= 4 is 17.9 Å². The molecule has 0 saturated carbocycles. The zero-order valence-electron chi connectivity index (χ0n) is 10.0. The first-order chi connectivity index (χ1) is 8.63. The number of aliphatic imine (C=N–C) groups is 1. The first-order valence-electron chi connectivity index (χ1n) is 5.44. The molecule has 0 bridgehead atoms. The molecule has 1 rings (SSSR count). The highest BCUT2D eigenvalue weighted by molar-refractivity contribution is 5.80. The van der Waals surface area contributed by atoms with Gasteiger partial charge in [-0.05, 0) is 12.0 Å². The van der Waals surface area contributed by atoms with E-state index in [0.717, 1.165) is 0 Å². The molecular formula is C12H14N2O4. The summed E-state index contributed by atoms with van der Waals surface area (Å²) in [5, 5.41) is 10.5. The van der Waals surface area contributed by atoms with Crippen molar-refractivity contribution in [3.63, 3.8) is 0 Å². The highest BCUT2D eigenvalue weighted by Crippen LogP contribution is 2.11. The molecule has 18 heavy (non-hydrogen) atoms. The summed E-state index contributed by atoms with van der Waals surface area (Å²) in [6, 6.07) is 6.21. The number of nitro benzene ring substituents is 1. The summed E-state index contributed by atoms with van der Waals surface area (Å²) in [7, 11) is 1.34. The number of nitro groups is 1. The van der Waals surface area contributed by atoms with Crippen LogP contribution in [-0.4, -0.2) is 30.8 Å². The fourth-order valence-electron chi connectivity index (χ4n) is 1.31. The van der Waals surface area contributed by atoms with Crippen LogP contribution in [0, 0.1) is 10.1 Å². The highest BCUT2D eigenvalue weighted by Gasteiger charge is 2.03. The number of benzene rings is 1. The van der Waals surface area contributed by atoms with E-state index in [1.165, 1.54) is 19.2 Å². The van der Waals surface area contributed by atoms with Gasteiger partial charge in [-0.3, -0.25) is 19.9 Å². The standard InChI is InChI=1S/C12H14N2O4/c1-18-12(15)6-3-7-13-9-10-4-2-5-11(8-10)14(16)17/h2,4-5,8-9H,3,6-7H2,1H3. The summed E-state index contributed by atoms with van der Waals surface area (Å²) in [4.78, 5) is 25.0. The van der Waals surface area contributed by atoms with Crippen molar-refractivity contribution in [2.75, 3.05) is 13.7 Å². The molecule has 0 aromatic heterocycles. The Hall–Kier alpha value is -2.24. The van der Waals surface area contributed by atoms with Gasteiger partial charge in [0.05, 0.1) is 12.0 Å². The van der Waals surface area contributed by atoms with Crippen LogP contribution in [-0.2, 0) is 9.53 Å². The van der Waals surface area contributed by atoms with Crippen LogP contribution in [0.15, 0.2) is 29.3 Å². The number of carbonyl (C=O) groups excluding carboxylic acids is 1. The summed E-state index contributed by atoms with van der Waals surface area (Å²) in [6.45, 7) is 0.484. The lowest BCUT2D eigenvalue weighted by Crippen LogP contribution is -2.00. The number of hydrogen-bond donors (Lipinski definition) is 0. The lowest BCUT2D eigenvalue weighted by atomic mass is 10.2. The van der Waals surface area contributed by atoms with Crippen LogP contribution < -0.4 is 0 Å². The van der Waals surface area contributed by atoms with Gasteiger partial charge in [0.15, 0.2) is 0 Å². The second-order valence-electron chi connectivity index (χ2n) is 3.57. The SMILES string of the molecule is COC(=O)CCCN=Cc1cccc([N+](=O)[O-])c1. The van der Waals surface area contributed by atoms with Crippen LogP contribution in [0.1, 0.15) is 18.4 Å². The molecule has 0 amide bonds. The predicted octanol–water partition coefficient (Wildman–Crippen LogP) is 1.97. The fraction of sp³-hybridized carbons (Fsp3) is 0.333. The molecule has 0 unspecified atom stereocenters. The second kappa shape index (κ2) is 7.16. The number of nitrogens with zero attached hydrogens (tertiary/aromatic N) is 2. The first kappa shape index (κ1) is 13.8. The van der Waals surface area contributed by atoms with Gasteiger partial charge >= 0.3 is 5.97 Å². The van der Waals surface area contributed by atoms with E-state index >= 15 is 0 Å². The van der Waals surface area contributed by atoms with Gasteiger partial charge in [0, 0.05) is 31.3 Å². The monoisotopic (exact) mass is 250 g/mol. The summed E-state index contributed by atoms with van der Waals surface area (Å²) < 4.78 is 4.49. The predicted molar refractivity (Wildman–Crippen MR) is 66.8 cm³/mol. The van der Waals surface area contributed by atoms with Gasteiger partial charge in [0.25, 0.3) is 5.69 Å². The van der Waals surface area contributed by atoms with Gasteiger partial charge in [-0.2, -0.15) is 0 Å². The summed E-state index contributed by atoms with van der Waals surface area (Å²) in [5.74, 6) is -0.263. The summed E-state index contributed by atoms with van der Waals surface area (Å²) in [5.41, 5.74) is 0.704. The summed E-state index contributed by atoms with van der Waals surface area (Å²) in [6.07, 6.45) is 2.48. The summed E-state index contributed by atoms with van der Waals surface area (Å²) >= 11 is 0. The van der Waals surface area contributed by atoms with Crippen LogP contribution in [0.4, 0.5) is 5.69 Å². The Labute approximate surface area is 104 Å². The Morgan fingerprint density at radius 2 is 2.33 bits per heavy atom. The van der Waals surface area contributed by atoms with Crippen LogP contribution in [0.2, 0.25) is 0 Å². The van der Waals surface area contributed by atoms with Crippen LogP contribution in [0.3, 0.4) is 0 Å². The molecule has 0 aliphatic heterocycles. The van der Waals surface area contributed by atoms with Crippen molar-refractivity contribution in [3.05, 3.63) is 39.9 Å². The number of methoxy groups -OCH3 is 1. The maximum Gasteiger partial charge on any atom is 0.305 e. The Morgan fingerprint density at radius 1 is 1.56 bits per heavy atom. The van der Waals surface area contributed by atoms with Crippen LogP contribution in [0.25, 0.3) is 0 Å². The Morgan fingerprint density at radius 3 is 3.00 bits per heavy atom. The average Bonchev–Trinajstić information content (AvgIpc) is 2.38. The zero-order chi connectivity index (χ0) is 13.4. The Balaban J connectivity index is 2.44. The van der Waals surface area contributed by atoms with E-state index in [2.05, 4.69) is 9.73 Å². The van der Waals surface area contributed by atoms with E-state index in [1.54, 1.807) is 18.3 Å². The van der Waals surface area contributed by atoms with Crippen LogP contribution >= 0.6 is 0 Å². The molecule has 0 saturated heterocycles. The molecule has 0 atom stereocenters. The Kier molecular flexibility index (Phi) is 5.50. The third-order valence-corrected chi connectivity index (χ3v) is 2.22. The maximum atomic E-state index is 10.8. The molecule has 96 valence electrons. The van der Waals surface area contributed by atoms with Gasteiger partial charge < -0.3 is 4.74 Å². The van der Waals surface area contributed by atoms with Crippen molar-refractivity contribution in [2.45, 2.75) is 12.8 Å². The number of esters is 1. The molecule has 1 aromatic carbocycles. The molecule has 0 spiro atoms. The third-order valence-electron chi connectivity index (χ3n) is 2.22. The van der Waals surface area contributed by atoms with E-state index in [0.29, 0.717) is 24.9 Å². The molecule has 0 aliphatic carbocycles. The normalized spacial score (nSPS) is 10.5. The third kappa shape index (κ3) is 4.73. The van der Waals surface area contributed by atoms with Gasteiger partial charge in [-0.15, -0.1) is 0 Å². The highest BCUT2D eigenvalue weighted by atomic mass is 16.6. The zero-order valence-corrected chi connectivity index (χ0v) is 10.0. The number of non-ortho nitro benzene ring substituents is 1. The fourth-order valence-corrected chi connectivity index (χ4v) is 1.31. The first-order valence-corrected chi connectivity index (χ1v) is 5.44. The second-order valence-corrected chi connectivity index (χ2v) is 3.57. The molecule has 0 N–H and O–H groups in total. The van der Waals surface area contributed by atoms with Gasteiger partial charge in [-0.25, -0.2) is 0 Å². The molecule has 0 fully saturated rings. The van der Waals surface area contributed by atoms with Crippen molar-refractivity contribution in [2.24, 2.45) is 4.99 Å². The number of rotatable bonds is 6. The molecule has 1 aromatic rings. The minimum atomic E-state index is -0.450. The average molecular weight is 250 g/mol. The number of hydrogen-bond acceptors (Lipinski definition) is 5. The van der Waals surface area contributed by atoms with Gasteiger partial charge in [0.1, 0.15) is 0 Å². The number of carbonyl (C=O) groups is 1. The quantitative estimate of drug-likeness (QED) is 0.254. The van der Waals surface area contributed by atoms with Gasteiger partial charge in [0.2, 0.25) is 0 Å². The minimum absolute atomic E-state index is 0.0357. The maximum absolute atomic E-state index is 10.8. The molecule has 0 aliphatic rings. The Bertz CT molecular complexity index is 457.